The third kappa shape index (κ3) is 2.96. The standard InChI is InChI=1S/C17H16N4O3/c1-20-8-7-11(9-15(20)22)17(24)21(2)10-14-18-13-6-4-3-5-12(13)16(23)19-14/h3-9H,10H2,1-2H3,(H,18,19,23). The Bertz CT molecular complexity index is 1040. The van der Waals surface area contributed by atoms with Gasteiger partial charge < -0.3 is 14.5 Å². The van der Waals surface area contributed by atoms with Crippen LogP contribution in [0.15, 0.2) is 52.2 Å². The zero-order valence-corrected chi connectivity index (χ0v) is 13.3. The molecule has 122 valence electrons. The molecule has 0 aliphatic carbocycles. The van der Waals surface area contributed by atoms with Crippen LogP contribution in [0.1, 0.15) is 16.2 Å². The summed E-state index contributed by atoms with van der Waals surface area (Å²) in [4.78, 5) is 44.6. The van der Waals surface area contributed by atoms with E-state index >= 15 is 0 Å². The van der Waals surface area contributed by atoms with Gasteiger partial charge in [0, 0.05) is 31.9 Å². The van der Waals surface area contributed by atoms with Crippen LogP contribution in [0.5, 0.6) is 0 Å². The highest BCUT2D eigenvalue weighted by molar-refractivity contribution is 5.93. The SMILES string of the molecule is CN(Cc1nc2ccccc2c(=O)[nH]1)C(=O)c1ccn(C)c(=O)c1. The second kappa shape index (κ2) is 6.11. The largest absolute Gasteiger partial charge is 0.334 e. The Labute approximate surface area is 137 Å². The summed E-state index contributed by atoms with van der Waals surface area (Å²) in [6.45, 7) is 0.133. The minimum absolute atomic E-state index is 0.133. The normalized spacial score (nSPS) is 10.8. The van der Waals surface area contributed by atoms with Crippen molar-refractivity contribution in [2.45, 2.75) is 6.54 Å². The van der Waals surface area contributed by atoms with Crippen LogP contribution in [0.4, 0.5) is 0 Å². The van der Waals surface area contributed by atoms with Crippen molar-refractivity contribution < 1.29 is 4.79 Å². The molecule has 0 aliphatic rings. The number of pyridine rings is 1. The van der Waals surface area contributed by atoms with E-state index < -0.39 is 0 Å². The van der Waals surface area contributed by atoms with Crippen molar-refractivity contribution in [3.63, 3.8) is 0 Å². The first-order chi connectivity index (χ1) is 11.5. The van der Waals surface area contributed by atoms with Gasteiger partial charge in [-0.05, 0) is 18.2 Å². The maximum absolute atomic E-state index is 12.4. The van der Waals surface area contributed by atoms with Crippen molar-refractivity contribution in [1.82, 2.24) is 19.4 Å². The van der Waals surface area contributed by atoms with Crippen LogP contribution in [0.25, 0.3) is 10.9 Å². The predicted octanol–water partition coefficient (Wildman–Crippen LogP) is 0.894. The molecule has 0 unspecified atom stereocenters. The molecule has 0 spiro atoms. The molecular weight excluding hydrogens is 308 g/mol. The third-order valence-corrected chi connectivity index (χ3v) is 3.75. The first kappa shape index (κ1) is 15.7. The fourth-order valence-corrected chi connectivity index (χ4v) is 2.41. The zero-order valence-electron chi connectivity index (χ0n) is 13.3. The average molecular weight is 324 g/mol. The molecule has 0 radical (unpaired) electrons. The van der Waals surface area contributed by atoms with Crippen molar-refractivity contribution in [2.75, 3.05) is 7.05 Å². The van der Waals surface area contributed by atoms with E-state index in [1.54, 1.807) is 50.6 Å². The number of carbonyl (C=O) groups is 1. The number of hydrogen-bond donors (Lipinski definition) is 1. The molecule has 1 N–H and O–H groups in total. The molecule has 2 heterocycles. The molecule has 0 aliphatic heterocycles. The Kier molecular flexibility index (Phi) is 3.99. The summed E-state index contributed by atoms with van der Waals surface area (Å²) in [5, 5.41) is 0.502. The van der Waals surface area contributed by atoms with E-state index in [9.17, 15) is 14.4 Å². The number of para-hydroxylation sites is 1. The Morgan fingerprint density at radius 1 is 1.25 bits per heavy atom. The zero-order chi connectivity index (χ0) is 17.3. The van der Waals surface area contributed by atoms with E-state index in [2.05, 4.69) is 9.97 Å². The minimum Gasteiger partial charge on any atom is -0.334 e. The molecule has 0 saturated heterocycles. The minimum atomic E-state index is -0.316. The van der Waals surface area contributed by atoms with Gasteiger partial charge >= 0.3 is 0 Å². The molecule has 3 aromatic rings. The molecule has 1 amide bonds. The lowest BCUT2D eigenvalue weighted by molar-refractivity contribution is 0.0781. The Hall–Kier alpha value is -3.22. The molecule has 24 heavy (non-hydrogen) atoms. The maximum Gasteiger partial charge on any atom is 0.258 e. The molecular formula is C17H16N4O3. The number of benzene rings is 1. The van der Waals surface area contributed by atoms with Gasteiger partial charge in [-0.15, -0.1) is 0 Å². The first-order valence-corrected chi connectivity index (χ1v) is 7.36. The maximum atomic E-state index is 12.4. The molecule has 1 aromatic carbocycles. The van der Waals surface area contributed by atoms with Gasteiger partial charge in [0.2, 0.25) is 0 Å². The van der Waals surface area contributed by atoms with E-state index in [0.29, 0.717) is 22.3 Å². The van der Waals surface area contributed by atoms with Crippen LogP contribution in [-0.2, 0) is 13.6 Å². The van der Waals surface area contributed by atoms with Gasteiger partial charge in [0.25, 0.3) is 17.0 Å². The highest BCUT2D eigenvalue weighted by atomic mass is 16.2. The monoisotopic (exact) mass is 324 g/mol. The Morgan fingerprint density at radius 3 is 2.75 bits per heavy atom. The van der Waals surface area contributed by atoms with Gasteiger partial charge in [0.1, 0.15) is 5.82 Å². The quantitative estimate of drug-likeness (QED) is 0.775. The van der Waals surface area contributed by atoms with Crippen LogP contribution >= 0.6 is 0 Å². The van der Waals surface area contributed by atoms with E-state index in [-0.39, 0.29) is 23.6 Å². The molecule has 2 aromatic heterocycles. The van der Waals surface area contributed by atoms with Crippen molar-refractivity contribution in [3.8, 4) is 0 Å². The van der Waals surface area contributed by atoms with E-state index in [0.717, 1.165) is 0 Å². The molecule has 0 fully saturated rings. The second-order valence-electron chi connectivity index (χ2n) is 5.56. The number of hydrogen-bond acceptors (Lipinski definition) is 4. The molecule has 3 rings (SSSR count). The third-order valence-electron chi connectivity index (χ3n) is 3.75. The number of aromatic amines is 1. The lowest BCUT2D eigenvalue weighted by Gasteiger charge is -2.16. The van der Waals surface area contributed by atoms with Gasteiger partial charge in [-0.1, -0.05) is 12.1 Å². The highest BCUT2D eigenvalue weighted by Crippen LogP contribution is 2.08. The summed E-state index contributed by atoms with van der Waals surface area (Å²) in [7, 11) is 3.21. The van der Waals surface area contributed by atoms with Gasteiger partial charge in [-0.25, -0.2) is 4.98 Å². The van der Waals surface area contributed by atoms with Crippen LogP contribution in [-0.4, -0.2) is 32.4 Å². The summed E-state index contributed by atoms with van der Waals surface area (Å²) >= 11 is 0. The average Bonchev–Trinajstić information content (AvgIpc) is 2.56. The van der Waals surface area contributed by atoms with Gasteiger partial charge in [-0.3, -0.25) is 14.4 Å². The summed E-state index contributed by atoms with van der Waals surface area (Å²) in [5.74, 6) is 0.0712. The number of nitrogens with one attached hydrogen (secondary N) is 1. The Balaban J connectivity index is 1.87. The molecule has 7 nitrogen and oxygen atoms in total. The van der Waals surface area contributed by atoms with Crippen LogP contribution in [0.3, 0.4) is 0 Å². The predicted molar refractivity (Wildman–Crippen MR) is 89.8 cm³/mol. The number of aromatic nitrogens is 3. The number of rotatable bonds is 3. The Morgan fingerprint density at radius 2 is 2.00 bits per heavy atom. The van der Waals surface area contributed by atoms with Crippen LogP contribution in [0, 0.1) is 0 Å². The number of amides is 1. The van der Waals surface area contributed by atoms with Gasteiger partial charge in [0.15, 0.2) is 0 Å². The van der Waals surface area contributed by atoms with Crippen LogP contribution < -0.4 is 11.1 Å². The summed E-state index contributed by atoms with van der Waals surface area (Å²) in [6, 6.07) is 9.88. The number of carbonyl (C=O) groups excluding carboxylic acids is 1. The fourth-order valence-electron chi connectivity index (χ4n) is 2.41. The summed E-state index contributed by atoms with van der Waals surface area (Å²) < 4.78 is 1.39. The van der Waals surface area contributed by atoms with E-state index in [1.807, 2.05) is 0 Å². The molecule has 0 saturated carbocycles. The van der Waals surface area contributed by atoms with Crippen molar-refractivity contribution >= 4 is 16.8 Å². The molecule has 0 bridgehead atoms. The smallest absolute Gasteiger partial charge is 0.258 e. The summed E-state index contributed by atoms with van der Waals surface area (Å²) in [6.07, 6.45) is 1.54. The second-order valence-corrected chi connectivity index (χ2v) is 5.56. The summed E-state index contributed by atoms with van der Waals surface area (Å²) in [5.41, 5.74) is 0.367. The highest BCUT2D eigenvalue weighted by Gasteiger charge is 2.14. The van der Waals surface area contributed by atoms with E-state index in [1.165, 1.54) is 15.5 Å². The molecule has 7 heteroatoms. The fraction of sp³-hybridized carbons (Fsp3) is 0.176. The first-order valence-electron chi connectivity index (χ1n) is 7.36. The number of nitrogens with zero attached hydrogens (tertiary/aromatic N) is 3. The number of fused-ring (bicyclic) bond motifs is 1. The van der Waals surface area contributed by atoms with Crippen molar-refractivity contribution in [2.24, 2.45) is 7.05 Å². The van der Waals surface area contributed by atoms with Gasteiger partial charge in [-0.2, -0.15) is 0 Å². The van der Waals surface area contributed by atoms with E-state index in [4.69, 9.17) is 0 Å². The number of aryl methyl sites for hydroxylation is 1. The van der Waals surface area contributed by atoms with Crippen LogP contribution in [0.2, 0.25) is 0 Å². The van der Waals surface area contributed by atoms with Gasteiger partial charge in [0.05, 0.1) is 17.4 Å². The topological polar surface area (TPSA) is 88.1 Å². The van der Waals surface area contributed by atoms with Crippen molar-refractivity contribution in [3.05, 3.63) is 74.7 Å². The van der Waals surface area contributed by atoms with Crippen molar-refractivity contribution in [1.29, 1.82) is 0 Å². The number of H-pyrrole nitrogens is 1. The lowest BCUT2D eigenvalue weighted by atomic mass is 10.2. The molecule has 0 atom stereocenters. The lowest BCUT2D eigenvalue weighted by Crippen LogP contribution is -2.29.